The summed E-state index contributed by atoms with van der Waals surface area (Å²) in [6, 6.07) is 4.09. The molecule has 3 rings (SSSR count). The minimum atomic E-state index is -2.92. The summed E-state index contributed by atoms with van der Waals surface area (Å²) in [6.45, 7) is 0.136. The number of amides is 1. The van der Waals surface area contributed by atoms with Crippen molar-refractivity contribution in [2.75, 3.05) is 11.1 Å². The molecule has 1 aromatic carbocycles. The zero-order valence-corrected chi connectivity index (χ0v) is 22.5. The van der Waals surface area contributed by atoms with Crippen molar-refractivity contribution in [1.82, 2.24) is 25.3 Å². The number of fused-ring (bicyclic) bond motifs is 1. The van der Waals surface area contributed by atoms with Gasteiger partial charge in [-0.15, -0.1) is 0 Å². The van der Waals surface area contributed by atoms with Gasteiger partial charge in [-0.1, -0.05) is 0 Å². The fraction of sp³-hybridized carbons (Fsp3) is 0.280. The first-order valence-electron chi connectivity index (χ1n) is 12.5. The summed E-state index contributed by atoms with van der Waals surface area (Å²) < 4.78 is 4.69. The molecule has 2 aromatic heterocycles. The largest absolute Gasteiger partial charge is 0.481 e. The standard InChI is InChI=1S/C25H25N7O12/c26-24-31-19-18(21(39)32-24)29-13(10-28-19)9-27-12-3-1-11(2-4-12)20(38)30-14(22(40)41)5-6-17(37)44-25(23(42)43,7-15(33)34)8-16(35)36/h1-4,10,14,27H,5-9H2,(H,30,38)(H,33,34)(H,35,36)(H,40,41)(H,42,43)(H3,26,28,31,32,39)/t14-/m0/s1. The zero-order chi connectivity index (χ0) is 32.6. The fourth-order valence-electron chi connectivity index (χ4n) is 3.84. The molecule has 0 spiro atoms. The summed E-state index contributed by atoms with van der Waals surface area (Å²) in [5.74, 6) is -9.37. The van der Waals surface area contributed by atoms with Crippen LogP contribution in [0.1, 0.15) is 41.7 Å². The van der Waals surface area contributed by atoms with E-state index in [0.29, 0.717) is 11.4 Å². The van der Waals surface area contributed by atoms with Gasteiger partial charge in [-0.25, -0.2) is 19.6 Å². The van der Waals surface area contributed by atoms with Crippen LogP contribution in [0.4, 0.5) is 11.6 Å². The van der Waals surface area contributed by atoms with Crippen LogP contribution in [0.2, 0.25) is 0 Å². The van der Waals surface area contributed by atoms with E-state index in [4.69, 9.17) is 20.7 Å². The summed E-state index contributed by atoms with van der Waals surface area (Å²) >= 11 is 0. The lowest BCUT2D eigenvalue weighted by atomic mass is 9.95. The number of nitrogens with one attached hydrogen (secondary N) is 3. The Hall–Kier alpha value is -6.14. The first-order valence-corrected chi connectivity index (χ1v) is 12.5. The van der Waals surface area contributed by atoms with E-state index in [1.165, 1.54) is 30.5 Å². The lowest BCUT2D eigenvalue weighted by molar-refractivity contribution is -0.186. The van der Waals surface area contributed by atoms with Crippen LogP contribution in [0.25, 0.3) is 11.2 Å². The fourth-order valence-corrected chi connectivity index (χ4v) is 3.84. The topological polar surface area (TPSA) is 314 Å². The number of aliphatic carboxylic acids is 4. The molecule has 0 fully saturated rings. The highest BCUT2D eigenvalue weighted by Gasteiger charge is 2.47. The summed E-state index contributed by atoms with van der Waals surface area (Å²) in [6.07, 6.45) is -2.70. The Bertz CT molecular complexity index is 1660. The first-order chi connectivity index (χ1) is 20.7. The quantitative estimate of drug-likeness (QED) is 0.0968. The normalized spacial score (nSPS) is 11.7. The Kier molecular flexibility index (Phi) is 10.1. The SMILES string of the molecule is Nc1nc2ncc(CNc3ccc(C(=O)N[C@@H](CCC(=O)OC(CC(=O)O)(CC(=O)O)C(=O)O)C(=O)O)cc3)nc2c(=O)[nH]1. The average molecular weight is 616 g/mol. The van der Waals surface area contributed by atoms with Crippen LogP contribution in [0.3, 0.4) is 0 Å². The van der Waals surface area contributed by atoms with Crippen molar-refractivity contribution in [1.29, 1.82) is 0 Å². The molecule has 19 heteroatoms. The number of carboxylic acid groups (broad SMARTS) is 4. The molecule has 9 N–H and O–H groups in total. The number of hydrogen-bond acceptors (Lipinski definition) is 13. The van der Waals surface area contributed by atoms with Gasteiger partial charge in [-0.05, 0) is 30.7 Å². The Morgan fingerprint density at radius 1 is 0.977 bits per heavy atom. The molecule has 0 aliphatic carbocycles. The van der Waals surface area contributed by atoms with Gasteiger partial charge in [0.25, 0.3) is 11.5 Å². The molecule has 19 nitrogen and oxygen atoms in total. The van der Waals surface area contributed by atoms with Crippen molar-refractivity contribution < 1.29 is 53.9 Å². The second-order valence-electron chi connectivity index (χ2n) is 9.23. The van der Waals surface area contributed by atoms with Gasteiger partial charge in [0, 0.05) is 17.7 Å². The van der Waals surface area contributed by atoms with Gasteiger partial charge in [0.2, 0.25) is 11.5 Å². The number of esters is 1. The van der Waals surface area contributed by atoms with Crippen LogP contribution < -0.4 is 21.9 Å². The molecule has 1 atom stereocenters. The second kappa shape index (κ2) is 13.7. The number of nitrogens with zero attached hydrogens (tertiary/aromatic N) is 3. The third-order valence-corrected chi connectivity index (χ3v) is 5.92. The number of aromatic nitrogens is 4. The van der Waals surface area contributed by atoms with E-state index in [2.05, 4.69) is 30.6 Å². The molecule has 232 valence electrons. The average Bonchev–Trinajstić information content (AvgIpc) is 2.93. The van der Waals surface area contributed by atoms with E-state index in [1.807, 2.05) is 0 Å². The van der Waals surface area contributed by atoms with Crippen molar-refractivity contribution in [2.45, 2.75) is 43.9 Å². The predicted molar refractivity (Wildman–Crippen MR) is 145 cm³/mol. The smallest absolute Gasteiger partial charge is 0.349 e. The minimum absolute atomic E-state index is 0.00602. The van der Waals surface area contributed by atoms with Crippen LogP contribution in [-0.2, 0) is 35.3 Å². The van der Waals surface area contributed by atoms with E-state index in [0.717, 1.165) is 0 Å². The highest BCUT2D eigenvalue weighted by molar-refractivity contribution is 5.97. The second-order valence-corrected chi connectivity index (χ2v) is 9.23. The van der Waals surface area contributed by atoms with E-state index >= 15 is 0 Å². The number of nitrogen functional groups attached to an aromatic ring is 1. The van der Waals surface area contributed by atoms with Gasteiger partial charge < -0.3 is 41.5 Å². The molecule has 2 heterocycles. The molecule has 0 radical (unpaired) electrons. The molecule has 0 aliphatic heterocycles. The maximum absolute atomic E-state index is 12.7. The number of carbonyl (C=O) groups excluding carboxylic acids is 2. The van der Waals surface area contributed by atoms with Gasteiger partial charge in [0.15, 0.2) is 11.2 Å². The summed E-state index contributed by atoms with van der Waals surface area (Å²) in [4.78, 5) is 96.8. The molecular formula is C25H25N7O12. The number of hydrogen-bond donors (Lipinski definition) is 8. The molecule has 0 bridgehead atoms. The zero-order valence-electron chi connectivity index (χ0n) is 22.5. The number of H-pyrrole nitrogens is 1. The van der Waals surface area contributed by atoms with Gasteiger partial charge in [0.05, 0.1) is 31.3 Å². The van der Waals surface area contributed by atoms with Crippen LogP contribution in [-0.4, -0.2) is 87.8 Å². The number of carbonyl (C=O) groups is 6. The summed E-state index contributed by atoms with van der Waals surface area (Å²) in [5, 5.41) is 42.0. The molecule has 1 amide bonds. The van der Waals surface area contributed by atoms with Gasteiger partial charge in [-0.3, -0.25) is 29.0 Å². The molecule has 0 aliphatic rings. The number of rotatable bonds is 15. The van der Waals surface area contributed by atoms with E-state index in [-0.39, 0.29) is 29.2 Å². The van der Waals surface area contributed by atoms with Crippen LogP contribution in [0.5, 0.6) is 0 Å². The molecule has 0 saturated heterocycles. The third-order valence-electron chi connectivity index (χ3n) is 5.92. The maximum Gasteiger partial charge on any atom is 0.349 e. The lowest BCUT2D eigenvalue weighted by Crippen LogP contribution is -2.47. The van der Waals surface area contributed by atoms with Gasteiger partial charge >= 0.3 is 29.8 Å². The Balaban J connectivity index is 1.59. The maximum atomic E-state index is 12.7. The van der Waals surface area contributed by atoms with Crippen LogP contribution in [0, 0.1) is 0 Å². The number of ether oxygens (including phenoxy) is 1. The summed E-state index contributed by atoms with van der Waals surface area (Å²) in [5.41, 5.74) is 3.03. The predicted octanol–water partition coefficient (Wildman–Crippen LogP) is -0.813. The van der Waals surface area contributed by atoms with Crippen molar-refractivity contribution >= 4 is 58.6 Å². The Morgan fingerprint density at radius 3 is 2.18 bits per heavy atom. The lowest BCUT2D eigenvalue weighted by Gasteiger charge is -2.26. The monoisotopic (exact) mass is 615 g/mol. The molecule has 0 saturated carbocycles. The third kappa shape index (κ3) is 8.44. The number of carboxylic acids is 4. The Morgan fingerprint density at radius 2 is 1.61 bits per heavy atom. The van der Waals surface area contributed by atoms with Crippen molar-refractivity contribution in [3.05, 3.63) is 52.1 Å². The number of benzene rings is 1. The van der Waals surface area contributed by atoms with E-state index in [1.54, 1.807) is 0 Å². The van der Waals surface area contributed by atoms with Crippen molar-refractivity contribution in [3.63, 3.8) is 0 Å². The molecule has 3 aromatic rings. The van der Waals surface area contributed by atoms with Crippen LogP contribution >= 0.6 is 0 Å². The van der Waals surface area contributed by atoms with Gasteiger partial charge in [0.1, 0.15) is 6.04 Å². The van der Waals surface area contributed by atoms with Crippen molar-refractivity contribution in [3.8, 4) is 0 Å². The van der Waals surface area contributed by atoms with E-state index < -0.39 is 78.6 Å². The van der Waals surface area contributed by atoms with Crippen LogP contribution in [0.15, 0.2) is 35.3 Å². The van der Waals surface area contributed by atoms with Gasteiger partial charge in [-0.2, -0.15) is 4.98 Å². The number of nitrogens with two attached hydrogens (primary N) is 1. The first kappa shape index (κ1) is 32.4. The molecule has 0 unspecified atom stereocenters. The number of anilines is 2. The highest BCUT2D eigenvalue weighted by Crippen LogP contribution is 2.23. The summed E-state index contributed by atoms with van der Waals surface area (Å²) in [7, 11) is 0. The minimum Gasteiger partial charge on any atom is -0.481 e. The highest BCUT2D eigenvalue weighted by atomic mass is 16.6. The number of aromatic amines is 1. The Labute approximate surface area is 245 Å². The van der Waals surface area contributed by atoms with E-state index in [9.17, 15) is 43.8 Å². The van der Waals surface area contributed by atoms with Crippen molar-refractivity contribution in [2.24, 2.45) is 0 Å². The molecule has 44 heavy (non-hydrogen) atoms. The molecular weight excluding hydrogens is 590 g/mol.